The normalized spacial score (nSPS) is 14.8. The molecule has 0 aliphatic carbocycles. The molecule has 8 heteroatoms. The quantitative estimate of drug-likeness (QED) is 0.858. The third-order valence-corrected chi connectivity index (χ3v) is 3.68. The van der Waals surface area contributed by atoms with Gasteiger partial charge in [0.05, 0.1) is 0 Å². The van der Waals surface area contributed by atoms with E-state index in [2.05, 4.69) is 30.7 Å². The Labute approximate surface area is 128 Å². The van der Waals surface area contributed by atoms with E-state index in [1.165, 1.54) is 30.3 Å². The summed E-state index contributed by atoms with van der Waals surface area (Å²) >= 11 is 0. The average molecular weight is 301 g/mol. The molecule has 116 valence electrons. The molecular weight excluding hydrogens is 282 g/mol. The Morgan fingerprint density at radius 3 is 2.77 bits per heavy atom. The van der Waals surface area contributed by atoms with Gasteiger partial charge in [-0.2, -0.15) is 0 Å². The molecule has 0 aromatic carbocycles. The molecule has 1 amide bonds. The Kier molecular flexibility index (Phi) is 4.57. The minimum atomic E-state index is -0.132. The van der Waals surface area contributed by atoms with Gasteiger partial charge >= 0.3 is 0 Å². The lowest BCUT2D eigenvalue weighted by Gasteiger charge is -2.27. The predicted molar refractivity (Wildman–Crippen MR) is 80.0 cm³/mol. The zero-order valence-corrected chi connectivity index (χ0v) is 12.4. The number of amides is 1. The van der Waals surface area contributed by atoms with Crippen molar-refractivity contribution in [1.82, 2.24) is 30.5 Å². The number of hydrogen-bond acceptors (Lipinski definition) is 6. The number of aromatic nitrogens is 5. The summed E-state index contributed by atoms with van der Waals surface area (Å²) in [6.45, 7) is 2.73. The number of nitrogens with zero attached hydrogens (tertiary/aromatic N) is 6. The van der Waals surface area contributed by atoms with Gasteiger partial charge in [0.1, 0.15) is 18.7 Å². The maximum absolute atomic E-state index is 11.7. The minimum absolute atomic E-state index is 0.117. The van der Waals surface area contributed by atoms with Crippen molar-refractivity contribution in [3.05, 3.63) is 30.2 Å². The minimum Gasteiger partial charge on any atom is -0.357 e. The molecule has 3 rings (SSSR count). The van der Waals surface area contributed by atoms with Gasteiger partial charge in [0.25, 0.3) is 0 Å². The Balaban J connectivity index is 1.49. The molecule has 1 N–H and O–H groups in total. The number of pyridine rings is 1. The number of hydrogen-bond donors (Lipinski definition) is 1. The van der Waals surface area contributed by atoms with E-state index in [0.29, 0.717) is 6.54 Å². The van der Waals surface area contributed by atoms with E-state index in [4.69, 9.17) is 0 Å². The third kappa shape index (κ3) is 3.78. The van der Waals surface area contributed by atoms with E-state index in [0.717, 1.165) is 24.5 Å². The molecular formula is C14H19N7O. The molecule has 3 heterocycles. The number of carbonyl (C=O) groups is 1. The lowest BCUT2D eigenvalue weighted by Crippen LogP contribution is -2.30. The summed E-state index contributed by atoms with van der Waals surface area (Å²) in [5.74, 6) is 0.885. The molecule has 1 aliphatic heterocycles. The third-order valence-electron chi connectivity index (χ3n) is 3.68. The van der Waals surface area contributed by atoms with E-state index < -0.39 is 0 Å². The second kappa shape index (κ2) is 6.97. The van der Waals surface area contributed by atoms with Gasteiger partial charge in [0.2, 0.25) is 5.91 Å². The lowest BCUT2D eigenvalue weighted by atomic mass is 10.1. The first-order valence-corrected chi connectivity index (χ1v) is 7.48. The molecule has 0 atom stereocenters. The van der Waals surface area contributed by atoms with Gasteiger partial charge in [-0.1, -0.05) is 6.07 Å². The number of anilines is 1. The van der Waals surface area contributed by atoms with Gasteiger partial charge in [0.15, 0.2) is 0 Å². The van der Waals surface area contributed by atoms with Crippen molar-refractivity contribution in [2.24, 2.45) is 0 Å². The second-order valence-corrected chi connectivity index (χ2v) is 5.36. The first-order chi connectivity index (χ1) is 10.8. The molecule has 1 aliphatic rings. The number of rotatable bonds is 5. The van der Waals surface area contributed by atoms with Crippen LogP contribution in [0, 0.1) is 0 Å². The Bertz CT molecular complexity index is 590. The fourth-order valence-corrected chi connectivity index (χ4v) is 2.49. The first kappa shape index (κ1) is 14.4. The van der Waals surface area contributed by atoms with Gasteiger partial charge in [-0.3, -0.25) is 4.79 Å². The van der Waals surface area contributed by atoms with Crippen molar-refractivity contribution in [2.45, 2.75) is 32.4 Å². The van der Waals surface area contributed by atoms with Crippen LogP contribution in [-0.4, -0.2) is 44.2 Å². The van der Waals surface area contributed by atoms with E-state index in [9.17, 15) is 4.79 Å². The van der Waals surface area contributed by atoms with E-state index in [1.807, 2.05) is 18.3 Å². The Hall–Kier alpha value is -2.51. The van der Waals surface area contributed by atoms with Crippen molar-refractivity contribution in [1.29, 1.82) is 0 Å². The van der Waals surface area contributed by atoms with Gasteiger partial charge in [-0.25, -0.2) is 9.67 Å². The highest BCUT2D eigenvalue weighted by molar-refractivity contribution is 5.75. The van der Waals surface area contributed by atoms with Gasteiger partial charge in [0, 0.05) is 25.8 Å². The average Bonchev–Trinajstić information content (AvgIpc) is 3.07. The van der Waals surface area contributed by atoms with Crippen molar-refractivity contribution in [3.63, 3.8) is 0 Å². The number of carbonyl (C=O) groups excluding carboxylic acids is 1. The molecule has 0 bridgehead atoms. The fourth-order valence-electron chi connectivity index (χ4n) is 2.49. The fraction of sp³-hybridized carbons (Fsp3) is 0.500. The Morgan fingerprint density at radius 1 is 1.23 bits per heavy atom. The Morgan fingerprint density at radius 2 is 2.09 bits per heavy atom. The summed E-state index contributed by atoms with van der Waals surface area (Å²) in [7, 11) is 0. The highest BCUT2D eigenvalue weighted by Gasteiger charge is 2.11. The molecule has 0 unspecified atom stereocenters. The summed E-state index contributed by atoms with van der Waals surface area (Å²) in [6, 6.07) is 4.03. The van der Waals surface area contributed by atoms with Gasteiger partial charge in [-0.05, 0) is 41.3 Å². The van der Waals surface area contributed by atoms with E-state index >= 15 is 0 Å². The molecule has 1 saturated heterocycles. The van der Waals surface area contributed by atoms with Crippen LogP contribution in [0.15, 0.2) is 24.7 Å². The molecule has 22 heavy (non-hydrogen) atoms. The standard InChI is InChI=1S/C14H19N7O/c22-14(10-21-11-17-18-19-21)16-9-12-4-5-13(15-8-12)20-6-2-1-3-7-20/h4-5,8,11H,1-3,6-7,9-10H2,(H,16,22). The molecule has 8 nitrogen and oxygen atoms in total. The van der Waals surface area contributed by atoms with Crippen molar-refractivity contribution >= 4 is 11.7 Å². The van der Waals surface area contributed by atoms with Crippen LogP contribution < -0.4 is 10.2 Å². The van der Waals surface area contributed by atoms with Crippen LogP contribution in [0.3, 0.4) is 0 Å². The topological polar surface area (TPSA) is 88.8 Å². The lowest BCUT2D eigenvalue weighted by molar-refractivity contribution is -0.122. The molecule has 0 radical (unpaired) electrons. The van der Waals surface area contributed by atoms with Crippen molar-refractivity contribution in [2.75, 3.05) is 18.0 Å². The van der Waals surface area contributed by atoms with E-state index in [-0.39, 0.29) is 12.5 Å². The zero-order valence-electron chi connectivity index (χ0n) is 12.4. The highest BCUT2D eigenvalue weighted by Crippen LogP contribution is 2.17. The summed E-state index contributed by atoms with van der Waals surface area (Å²) in [4.78, 5) is 18.5. The molecule has 2 aromatic rings. The SMILES string of the molecule is O=C(Cn1cnnn1)NCc1ccc(N2CCCCC2)nc1. The van der Waals surface area contributed by atoms with Gasteiger partial charge in [-0.15, -0.1) is 5.10 Å². The van der Waals surface area contributed by atoms with Crippen molar-refractivity contribution in [3.8, 4) is 0 Å². The van der Waals surface area contributed by atoms with Crippen molar-refractivity contribution < 1.29 is 4.79 Å². The smallest absolute Gasteiger partial charge is 0.242 e. The molecule has 2 aromatic heterocycles. The second-order valence-electron chi connectivity index (χ2n) is 5.36. The molecule has 0 spiro atoms. The number of tetrazole rings is 1. The van der Waals surface area contributed by atoms with E-state index in [1.54, 1.807) is 0 Å². The molecule has 0 saturated carbocycles. The maximum atomic E-state index is 11.7. The van der Waals surface area contributed by atoms with Crippen LogP contribution in [0.25, 0.3) is 0 Å². The number of piperidine rings is 1. The number of nitrogens with one attached hydrogen (secondary N) is 1. The van der Waals surface area contributed by atoms with Crippen LogP contribution in [0.5, 0.6) is 0 Å². The largest absolute Gasteiger partial charge is 0.357 e. The molecule has 1 fully saturated rings. The summed E-state index contributed by atoms with van der Waals surface area (Å²) in [5, 5.41) is 13.4. The van der Waals surface area contributed by atoms with Gasteiger partial charge < -0.3 is 10.2 Å². The van der Waals surface area contributed by atoms with Crippen LogP contribution in [0.4, 0.5) is 5.82 Å². The summed E-state index contributed by atoms with van der Waals surface area (Å²) in [5.41, 5.74) is 0.978. The van der Waals surface area contributed by atoms with Crippen LogP contribution >= 0.6 is 0 Å². The monoisotopic (exact) mass is 301 g/mol. The van der Waals surface area contributed by atoms with Crippen LogP contribution in [-0.2, 0) is 17.9 Å². The van der Waals surface area contributed by atoms with Crippen LogP contribution in [0.2, 0.25) is 0 Å². The highest BCUT2D eigenvalue weighted by atomic mass is 16.2. The first-order valence-electron chi connectivity index (χ1n) is 7.48. The zero-order chi connectivity index (χ0) is 15.2. The predicted octanol–water partition coefficient (Wildman–Crippen LogP) is 0.375. The van der Waals surface area contributed by atoms with Crippen LogP contribution in [0.1, 0.15) is 24.8 Å². The summed E-state index contributed by atoms with van der Waals surface area (Å²) in [6.07, 6.45) is 7.00. The maximum Gasteiger partial charge on any atom is 0.242 e. The summed E-state index contributed by atoms with van der Waals surface area (Å²) < 4.78 is 1.38.